The Hall–Kier alpha value is 0.841. The van der Waals surface area contributed by atoms with Gasteiger partial charge in [0.15, 0.2) is 8.32 Å². The highest BCUT2D eigenvalue weighted by atomic mass is 32.1. The zero-order chi connectivity index (χ0) is 23.0. The van der Waals surface area contributed by atoms with E-state index >= 15 is 0 Å². The van der Waals surface area contributed by atoms with Gasteiger partial charge in [0.25, 0.3) is 0 Å². The lowest BCUT2D eigenvalue weighted by atomic mass is 10.2. The molecular formula is C21H52N2O2SSi3. The molecule has 1 unspecified atom stereocenters. The monoisotopic (exact) mass is 480 g/mol. The lowest BCUT2D eigenvalue weighted by Gasteiger charge is -2.55. The van der Waals surface area contributed by atoms with Crippen LogP contribution in [0.3, 0.4) is 0 Å². The third-order valence-corrected chi connectivity index (χ3v) is 19.5. The molecule has 4 N–H and O–H groups in total. The minimum Gasteiger partial charge on any atom is -0.412 e. The molecule has 1 atom stereocenters. The van der Waals surface area contributed by atoms with E-state index in [1.54, 1.807) is 0 Å². The predicted molar refractivity (Wildman–Crippen MR) is 142 cm³/mol. The minimum atomic E-state index is -2.22. The zero-order valence-electron chi connectivity index (χ0n) is 21.0. The Labute approximate surface area is 190 Å². The lowest BCUT2D eigenvalue weighted by Crippen LogP contribution is -2.69. The highest BCUT2D eigenvalue weighted by Gasteiger charge is 2.56. The molecule has 0 aromatic heterocycles. The van der Waals surface area contributed by atoms with Crippen LogP contribution in [0.1, 0.15) is 52.9 Å². The van der Waals surface area contributed by atoms with Gasteiger partial charge in [-0.15, -0.1) is 0 Å². The Kier molecular flexibility index (Phi) is 12.5. The fourth-order valence-corrected chi connectivity index (χ4v) is 18.8. The standard InChI is InChI=1S/C21H52N2O2SSi3/c1-10-20(11-2,24-28(6,7)18-14-16-23)29(8,9)25-21(12-3,19-26)27(4,5)17-13-15-22/h26H,10-19,22-23H2,1-9H3. The molecule has 0 aliphatic carbocycles. The van der Waals surface area contributed by atoms with Gasteiger partial charge in [0.2, 0.25) is 8.32 Å². The summed E-state index contributed by atoms with van der Waals surface area (Å²) < 4.78 is 14.4. The van der Waals surface area contributed by atoms with Crippen LogP contribution in [0.4, 0.5) is 0 Å². The van der Waals surface area contributed by atoms with E-state index in [9.17, 15) is 0 Å². The van der Waals surface area contributed by atoms with Crippen LogP contribution in [0.25, 0.3) is 0 Å². The van der Waals surface area contributed by atoms with Gasteiger partial charge in [-0.05, 0) is 77.4 Å². The van der Waals surface area contributed by atoms with E-state index in [2.05, 4.69) is 60.1 Å². The molecule has 8 heteroatoms. The zero-order valence-corrected chi connectivity index (χ0v) is 24.9. The smallest absolute Gasteiger partial charge is 0.217 e. The molecule has 4 nitrogen and oxygen atoms in total. The summed E-state index contributed by atoms with van der Waals surface area (Å²) in [6.45, 7) is 22.7. The van der Waals surface area contributed by atoms with Gasteiger partial charge < -0.3 is 20.3 Å². The molecule has 0 aliphatic rings. The van der Waals surface area contributed by atoms with Crippen molar-refractivity contribution in [3.05, 3.63) is 0 Å². The van der Waals surface area contributed by atoms with Crippen LogP contribution in [0.5, 0.6) is 0 Å². The first-order valence-corrected chi connectivity index (χ1v) is 21.6. The second-order valence-electron chi connectivity index (χ2n) is 10.3. The van der Waals surface area contributed by atoms with Crippen molar-refractivity contribution < 1.29 is 8.85 Å². The maximum atomic E-state index is 7.34. The summed E-state index contributed by atoms with van der Waals surface area (Å²) in [7, 11) is -5.75. The van der Waals surface area contributed by atoms with Gasteiger partial charge >= 0.3 is 0 Å². The Bertz CT molecular complexity index is 469. The van der Waals surface area contributed by atoms with Gasteiger partial charge in [-0.25, -0.2) is 0 Å². The summed E-state index contributed by atoms with van der Waals surface area (Å²) in [4.78, 5) is 0. The third-order valence-electron chi connectivity index (χ3n) is 7.21. The second kappa shape index (κ2) is 12.2. The summed E-state index contributed by atoms with van der Waals surface area (Å²) in [5.41, 5.74) is 11.7. The van der Waals surface area contributed by atoms with Crippen LogP contribution in [0, 0.1) is 0 Å². The van der Waals surface area contributed by atoms with Gasteiger partial charge in [-0.1, -0.05) is 39.9 Å². The molecule has 0 aromatic carbocycles. The molecule has 0 saturated heterocycles. The predicted octanol–water partition coefficient (Wildman–Crippen LogP) is 5.55. The van der Waals surface area contributed by atoms with Crippen molar-refractivity contribution in [2.24, 2.45) is 11.5 Å². The number of thiol groups is 1. The van der Waals surface area contributed by atoms with E-state index in [1.807, 2.05) is 0 Å². The molecule has 0 heterocycles. The Balaban J connectivity index is 6.01. The molecule has 29 heavy (non-hydrogen) atoms. The molecule has 176 valence electrons. The van der Waals surface area contributed by atoms with Crippen LogP contribution < -0.4 is 11.5 Å². The SMILES string of the molecule is CCC(CS)(O[Si](C)(C)C(CC)(CC)O[Si](C)(C)CCCN)[Si](C)(C)CCCN. The van der Waals surface area contributed by atoms with E-state index in [4.69, 9.17) is 32.9 Å². The Morgan fingerprint density at radius 1 is 0.724 bits per heavy atom. The van der Waals surface area contributed by atoms with E-state index in [-0.39, 0.29) is 10.4 Å². The van der Waals surface area contributed by atoms with Gasteiger partial charge in [-0.2, -0.15) is 12.6 Å². The molecule has 0 radical (unpaired) electrons. The van der Waals surface area contributed by atoms with E-state index in [1.165, 1.54) is 6.04 Å². The highest BCUT2D eigenvalue weighted by molar-refractivity contribution is 7.80. The summed E-state index contributed by atoms with van der Waals surface area (Å²) >= 11 is 4.85. The first-order valence-electron chi connectivity index (χ1n) is 11.7. The molecule has 0 aliphatic heterocycles. The normalized spacial score (nSPS) is 16.1. The summed E-state index contributed by atoms with van der Waals surface area (Å²) in [5, 5.41) is -0.304. The van der Waals surface area contributed by atoms with E-state index < -0.39 is 24.7 Å². The first-order chi connectivity index (χ1) is 13.3. The Morgan fingerprint density at radius 3 is 1.55 bits per heavy atom. The van der Waals surface area contributed by atoms with Crippen LogP contribution >= 0.6 is 12.6 Å². The fraction of sp³-hybridized carbons (Fsp3) is 1.00. The second-order valence-corrected chi connectivity index (χ2v) is 24.2. The first kappa shape index (κ1) is 29.8. The summed E-state index contributed by atoms with van der Waals surface area (Å²) in [6, 6.07) is 2.29. The van der Waals surface area contributed by atoms with Crippen molar-refractivity contribution in [3.8, 4) is 0 Å². The lowest BCUT2D eigenvalue weighted by molar-refractivity contribution is 0.0632. The molecule has 0 bridgehead atoms. The number of hydrogen-bond donors (Lipinski definition) is 3. The minimum absolute atomic E-state index is 0.136. The average Bonchev–Trinajstić information content (AvgIpc) is 2.66. The maximum Gasteiger partial charge on any atom is 0.217 e. The summed E-state index contributed by atoms with van der Waals surface area (Å²) in [5.74, 6) is 0.779. The number of hydrogen-bond acceptors (Lipinski definition) is 5. The van der Waals surface area contributed by atoms with Crippen molar-refractivity contribution in [1.29, 1.82) is 0 Å². The molecular weight excluding hydrogens is 429 g/mol. The van der Waals surface area contributed by atoms with Crippen LogP contribution in [0.2, 0.25) is 51.4 Å². The quantitative estimate of drug-likeness (QED) is 0.200. The Morgan fingerprint density at radius 2 is 1.17 bits per heavy atom. The van der Waals surface area contributed by atoms with Crippen LogP contribution in [0.15, 0.2) is 0 Å². The molecule has 0 fully saturated rings. The number of nitrogens with two attached hydrogens (primary N) is 2. The van der Waals surface area contributed by atoms with E-state index in [0.717, 1.165) is 57.0 Å². The van der Waals surface area contributed by atoms with Gasteiger partial charge in [0.1, 0.15) is 0 Å². The topological polar surface area (TPSA) is 70.5 Å². The molecule has 0 spiro atoms. The third kappa shape index (κ3) is 7.44. The van der Waals surface area contributed by atoms with Crippen molar-refractivity contribution >= 4 is 37.3 Å². The molecule has 0 rings (SSSR count). The summed E-state index contributed by atoms with van der Waals surface area (Å²) in [6.07, 6.45) is 5.12. The van der Waals surface area contributed by atoms with Gasteiger partial charge in [-0.3, -0.25) is 0 Å². The average molecular weight is 481 g/mol. The van der Waals surface area contributed by atoms with Gasteiger partial charge in [0, 0.05) is 5.75 Å². The highest BCUT2D eigenvalue weighted by Crippen LogP contribution is 2.43. The van der Waals surface area contributed by atoms with Crippen molar-refractivity contribution in [3.63, 3.8) is 0 Å². The maximum absolute atomic E-state index is 7.34. The van der Waals surface area contributed by atoms with Gasteiger partial charge in [0.05, 0.1) is 18.5 Å². The van der Waals surface area contributed by atoms with Crippen molar-refractivity contribution in [2.45, 2.75) is 115 Å². The largest absolute Gasteiger partial charge is 0.412 e. The molecule has 0 aromatic rings. The van der Waals surface area contributed by atoms with Crippen LogP contribution in [-0.2, 0) is 8.85 Å². The fourth-order valence-electron chi connectivity index (χ4n) is 4.88. The van der Waals surface area contributed by atoms with Crippen LogP contribution in [-0.4, -0.2) is 54.0 Å². The van der Waals surface area contributed by atoms with E-state index in [0.29, 0.717) is 0 Å². The van der Waals surface area contributed by atoms with Crippen molar-refractivity contribution in [2.75, 3.05) is 18.8 Å². The molecule has 0 amide bonds. The van der Waals surface area contributed by atoms with Crippen molar-refractivity contribution in [1.82, 2.24) is 0 Å². The number of rotatable bonds is 16. The molecule has 0 saturated carbocycles.